The Hall–Kier alpha value is -1.72. The van der Waals surface area contributed by atoms with E-state index in [1.807, 2.05) is 29.2 Å². The first-order chi connectivity index (χ1) is 10.9. The molecule has 3 heterocycles. The van der Waals surface area contributed by atoms with Crippen LogP contribution in [0.4, 0.5) is 0 Å². The molecule has 1 spiro atoms. The van der Waals surface area contributed by atoms with Gasteiger partial charge in [0.15, 0.2) is 5.82 Å². The first-order valence-electron chi connectivity index (χ1n) is 8.30. The van der Waals surface area contributed by atoms with Crippen LogP contribution >= 0.6 is 0 Å². The summed E-state index contributed by atoms with van der Waals surface area (Å²) >= 11 is 0. The number of nitrogens with zero attached hydrogens (tertiary/aromatic N) is 3. The van der Waals surface area contributed by atoms with Gasteiger partial charge in [-0.15, -0.1) is 0 Å². The summed E-state index contributed by atoms with van der Waals surface area (Å²) in [6, 6.07) is 6.64. The number of aromatic nitrogens is 3. The summed E-state index contributed by atoms with van der Waals surface area (Å²) in [7, 11) is 0. The lowest BCUT2D eigenvalue weighted by Gasteiger charge is -2.32. The molecule has 2 aromatic rings. The first kappa shape index (κ1) is 13.9. The molecule has 0 radical (unpaired) electrons. The molecular formula is C17H23N5. The molecule has 5 heteroatoms. The molecule has 1 aliphatic carbocycles. The molecule has 2 aromatic heterocycles. The molecule has 116 valence electrons. The van der Waals surface area contributed by atoms with Gasteiger partial charge in [0.2, 0.25) is 0 Å². The molecule has 1 aliphatic heterocycles. The van der Waals surface area contributed by atoms with Crippen molar-refractivity contribution in [1.29, 1.82) is 0 Å². The fourth-order valence-electron chi connectivity index (χ4n) is 4.10. The van der Waals surface area contributed by atoms with Crippen LogP contribution in [0.1, 0.15) is 37.7 Å². The second-order valence-electron chi connectivity index (χ2n) is 6.45. The predicted octanol–water partition coefficient (Wildman–Crippen LogP) is 2.03. The van der Waals surface area contributed by atoms with E-state index in [4.69, 9.17) is 0 Å². The number of rotatable bonds is 4. The van der Waals surface area contributed by atoms with E-state index in [2.05, 4.69) is 26.8 Å². The number of hydrogen-bond acceptors (Lipinski definition) is 4. The molecule has 22 heavy (non-hydrogen) atoms. The minimum atomic E-state index is 0.341. The fourth-order valence-corrected chi connectivity index (χ4v) is 4.10. The van der Waals surface area contributed by atoms with Crippen molar-refractivity contribution >= 4 is 0 Å². The van der Waals surface area contributed by atoms with Crippen LogP contribution in [0, 0.1) is 0 Å². The van der Waals surface area contributed by atoms with Crippen LogP contribution in [0.2, 0.25) is 0 Å². The Bertz CT molecular complexity index is 610. The Labute approximate surface area is 131 Å². The number of nitrogens with one attached hydrogen (secondary N) is 2. The standard InChI is InChI=1S/C17H23N5/c1-2-8-17(7-1)15(6-11-20-17)19-13-14-5-3-9-18-16(14)22-12-4-10-21-22/h3-5,9-10,12,15,19-20H,1-2,6-8,11,13H2. The second kappa shape index (κ2) is 5.82. The molecule has 1 unspecified atom stereocenters. The molecule has 2 aliphatic rings. The van der Waals surface area contributed by atoms with Gasteiger partial charge in [0.05, 0.1) is 0 Å². The van der Waals surface area contributed by atoms with Crippen LogP contribution in [0.15, 0.2) is 36.8 Å². The van der Waals surface area contributed by atoms with Gasteiger partial charge in [0.25, 0.3) is 0 Å². The van der Waals surface area contributed by atoms with E-state index in [1.54, 1.807) is 6.20 Å². The van der Waals surface area contributed by atoms with Gasteiger partial charge in [0.1, 0.15) is 0 Å². The zero-order chi connectivity index (χ0) is 14.8. The van der Waals surface area contributed by atoms with Gasteiger partial charge in [-0.05, 0) is 37.9 Å². The molecule has 0 aromatic carbocycles. The van der Waals surface area contributed by atoms with Crippen LogP contribution in [-0.4, -0.2) is 32.9 Å². The molecule has 0 amide bonds. The van der Waals surface area contributed by atoms with E-state index >= 15 is 0 Å². The molecule has 0 bridgehead atoms. The van der Waals surface area contributed by atoms with Crippen LogP contribution in [-0.2, 0) is 6.54 Å². The van der Waals surface area contributed by atoms with E-state index < -0.39 is 0 Å². The average Bonchev–Trinajstić information content (AvgIpc) is 3.29. The largest absolute Gasteiger partial charge is 0.310 e. The summed E-state index contributed by atoms with van der Waals surface area (Å²) in [5, 5.41) is 11.9. The minimum Gasteiger partial charge on any atom is -0.310 e. The summed E-state index contributed by atoms with van der Waals surface area (Å²) < 4.78 is 1.84. The Balaban J connectivity index is 1.50. The molecule has 1 atom stereocenters. The van der Waals surface area contributed by atoms with Crippen molar-refractivity contribution in [1.82, 2.24) is 25.4 Å². The maximum absolute atomic E-state index is 4.50. The number of pyridine rings is 1. The van der Waals surface area contributed by atoms with E-state index in [1.165, 1.54) is 37.7 Å². The van der Waals surface area contributed by atoms with Crippen LogP contribution in [0.3, 0.4) is 0 Å². The molecule has 2 fully saturated rings. The molecule has 1 saturated carbocycles. The highest BCUT2D eigenvalue weighted by Crippen LogP contribution is 2.37. The average molecular weight is 297 g/mol. The monoisotopic (exact) mass is 297 g/mol. The third-order valence-corrected chi connectivity index (χ3v) is 5.20. The maximum Gasteiger partial charge on any atom is 0.157 e. The Morgan fingerprint density at radius 1 is 1.27 bits per heavy atom. The van der Waals surface area contributed by atoms with Gasteiger partial charge in [-0.3, -0.25) is 0 Å². The SMILES string of the molecule is c1cnc(-n2cccn2)c(CNC2CCNC23CCCC3)c1. The predicted molar refractivity (Wildman–Crippen MR) is 85.8 cm³/mol. The van der Waals surface area contributed by atoms with Crippen LogP contribution in [0.25, 0.3) is 5.82 Å². The lowest BCUT2D eigenvalue weighted by atomic mass is 9.90. The summed E-state index contributed by atoms with van der Waals surface area (Å²) in [4.78, 5) is 4.50. The van der Waals surface area contributed by atoms with Gasteiger partial charge < -0.3 is 10.6 Å². The highest BCUT2D eigenvalue weighted by atomic mass is 15.3. The maximum atomic E-state index is 4.50. The summed E-state index contributed by atoms with van der Waals surface area (Å²) in [6.07, 6.45) is 12.1. The second-order valence-corrected chi connectivity index (χ2v) is 6.45. The van der Waals surface area contributed by atoms with Gasteiger partial charge in [0, 0.05) is 42.3 Å². The van der Waals surface area contributed by atoms with Crippen molar-refractivity contribution in [2.75, 3.05) is 6.54 Å². The minimum absolute atomic E-state index is 0.341. The molecule has 5 nitrogen and oxygen atoms in total. The Kier molecular flexibility index (Phi) is 3.68. The van der Waals surface area contributed by atoms with Crippen molar-refractivity contribution in [3.63, 3.8) is 0 Å². The normalized spacial score (nSPS) is 23.4. The van der Waals surface area contributed by atoms with Crippen molar-refractivity contribution in [3.05, 3.63) is 42.4 Å². The van der Waals surface area contributed by atoms with Gasteiger partial charge >= 0.3 is 0 Å². The highest BCUT2D eigenvalue weighted by molar-refractivity contribution is 5.32. The van der Waals surface area contributed by atoms with E-state index in [9.17, 15) is 0 Å². The molecular weight excluding hydrogens is 274 g/mol. The quantitative estimate of drug-likeness (QED) is 0.907. The smallest absolute Gasteiger partial charge is 0.157 e. The summed E-state index contributed by atoms with van der Waals surface area (Å²) in [5.41, 5.74) is 1.54. The summed E-state index contributed by atoms with van der Waals surface area (Å²) in [6.45, 7) is 1.98. The van der Waals surface area contributed by atoms with E-state index in [-0.39, 0.29) is 0 Å². The summed E-state index contributed by atoms with van der Waals surface area (Å²) in [5.74, 6) is 0.923. The van der Waals surface area contributed by atoms with E-state index in [0.29, 0.717) is 11.6 Å². The zero-order valence-electron chi connectivity index (χ0n) is 12.8. The first-order valence-corrected chi connectivity index (χ1v) is 8.30. The number of hydrogen-bond donors (Lipinski definition) is 2. The molecule has 2 N–H and O–H groups in total. The Morgan fingerprint density at radius 2 is 2.18 bits per heavy atom. The fraction of sp³-hybridized carbons (Fsp3) is 0.529. The molecule has 1 saturated heterocycles. The lowest BCUT2D eigenvalue weighted by Crippen LogP contribution is -2.51. The van der Waals surface area contributed by atoms with Crippen molar-refractivity contribution in [2.24, 2.45) is 0 Å². The van der Waals surface area contributed by atoms with Crippen LogP contribution < -0.4 is 10.6 Å². The zero-order valence-corrected chi connectivity index (χ0v) is 12.8. The molecule has 4 rings (SSSR count). The van der Waals surface area contributed by atoms with Crippen molar-refractivity contribution in [3.8, 4) is 5.82 Å². The third-order valence-electron chi connectivity index (χ3n) is 5.20. The third kappa shape index (κ3) is 2.44. The van der Waals surface area contributed by atoms with Gasteiger partial charge in [-0.1, -0.05) is 18.9 Å². The van der Waals surface area contributed by atoms with Gasteiger partial charge in [-0.2, -0.15) is 5.10 Å². The lowest BCUT2D eigenvalue weighted by molar-refractivity contribution is 0.301. The topological polar surface area (TPSA) is 54.8 Å². The van der Waals surface area contributed by atoms with Crippen LogP contribution in [0.5, 0.6) is 0 Å². The van der Waals surface area contributed by atoms with Crippen molar-refractivity contribution in [2.45, 2.75) is 50.2 Å². The Morgan fingerprint density at radius 3 is 3.00 bits per heavy atom. The van der Waals surface area contributed by atoms with Gasteiger partial charge in [-0.25, -0.2) is 9.67 Å². The highest BCUT2D eigenvalue weighted by Gasteiger charge is 2.44. The van der Waals surface area contributed by atoms with Crippen molar-refractivity contribution < 1.29 is 0 Å². The van der Waals surface area contributed by atoms with E-state index in [0.717, 1.165) is 18.9 Å².